The number of nitrogens with zero attached hydrogens (tertiary/aromatic N) is 4. The summed E-state index contributed by atoms with van der Waals surface area (Å²) in [5.41, 5.74) is 8.10. The molecule has 0 aromatic heterocycles. The summed E-state index contributed by atoms with van der Waals surface area (Å²) in [6.45, 7) is 13.8. The van der Waals surface area contributed by atoms with Gasteiger partial charge in [0.05, 0.1) is 17.8 Å². The van der Waals surface area contributed by atoms with Gasteiger partial charge in [-0.15, -0.1) is 0 Å². The van der Waals surface area contributed by atoms with Crippen molar-refractivity contribution < 1.29 is 19.1 Å². The summed E-state index contributed by atoms with van der Waals surface area (Å²) in [7, 11) is 0. The maximum atomic E-state index is 13.3. The van der Waals surface area contributed by atoms with E-state index in [1.807, 2.05) is 46.2 Å². The summed E-state index contributed by atoms with van der Waals surface area (Å²) < 4.78 is 5.52. The van der Waals surface area contributed by atoms with Gasteiger partial charge in [0.25, 0.3) is 5.91 Å². The lowest BCUT2D eigenvalue weighted by Crippen LogP contribution is -2.53. The van der Waals surface area contributed by atoms with Crippen molar-refractivity contribution in [3.8, 4) is 0 Å². The predicted molar refractivity (Wildman–Crippen MR) is 167 cm³/mol. The molecular formula is C31H47N9O4. The van der Waals surface area contributed by atoms with Crippen LogP contribution < -0.4 is 26.8 Å². The fourth-order valence-electron chi connectivity index (χ4n) is 6.54. The minimum absolute atomic E-state index is 0.0449. The number of guanidine groups is 1. The molecule has 0 radical (unpaired) electrons. The molecule has 3 amide bonds. The first kappa shape index (κ1) is 31.3. The second kappa shape index (κ2) is 12.8. The zero-order valence-electron chi connectivity index (χ0n) is 26.7. The first-order valence-electron chi connectivity index (χ1n) is 15.7. The van der Waals surface area contributed by atoms with Crippen LogP contribution in [0.2, 0.25) is 0 Å². The molecule has 13 nitrogen and oxygen atoms in total. The molecule has 13 heteroatoms. The van der Waals surface area contributed by atoms with Gasteiger partial charge in [0, 0.05) is 51.5 Å². The molecule has 0 spiro atoms. The second-order valence-electron chi connectivity index (χ2n) is 13.0. The molecule has 0 aromatic rings. The van der Waals surface area contributed by atoms with Gasteiger partial charge < -0.3 is 35.4 Å². The van der Waals surface area contributed by atoms with Gasteiger partial charge in [-0.1, -0.05) is 12.8 Å². The molecule has 5 N–H and O–H groups in total. The SMILES string of the molecule is CC(=O)NNC(=O)C1=C(C)C2=CNC(=NC3C=CC(N4CCN(C(=O)OC(C)(C)C)CC4)=CN3)N[C@H](C)C2N1C1CCCC1. The van der Waals surface area contributed by atoms with Crippen molar-refractivity contribution in [1.82, 2.24) is 41.5 Å². The number of fused-ring (bicyclic) bond motifs is 1. The van der Waals surface area contributed by atoms with E-state index in [2.05, 4.69) is 49.6 Å². The molecule has 1 aliphatic carbocycles. The molecule has 3 atom stereocenters. The normalized spacial score (nSPS) is 26.6. The van der Waals surface area contributed by atoms with Crippen molar-refractivity contribution in [3.63, 3.8) is 0 Å². The van der Waals surface area contributed by atoms with E-state index in [1.54, 1.807) is 4.90 Å². The third-order valence-electron chi connectivity index (χ3n) is 8.57. The number of amides is 3. The number of hydrogen-bond acceptors (Lipinski definition) is 8. The number of carbonyl (C=O) groups is 3. The van der Waals surface area contributed by atoms with Crippen LogP contribution in [0.15, 0.2) is 52.1 Å². The lowest BCUT2D eigenvalue weighted by Gasteiger charge is -2.38. The van der Waals surface area contributed by atoms with E-state index in [9.17, 15) is 14.4 Å². The summed E-state index contributed by atoms with van der Waals surface area (Å²) in [4.78, 5) is 48.3. The third-order valence-corrected chi connectivity index (χ3v) is 8.57. The van der Waals surface area contributed by atoms with Crippen LogP contribution in [0.25, 0.3) is 0 Å². The first-order valence-corrected chi connectivity index (χ1v) is 15.7. The predicted octanol–water partition coefficient (Wildman–Crippen LogP) is 1.76. The Kier molecular flexibility index (Phi) is 9.12. The number of ether oxygens (including phenoxy) is 1. The maximum Gasteiger partial charge on any atom is 0.410 e. The van der Waals surface area contributed by atoms with E-state index >= 15 is 0 Å². The van der Waals surface area contributed by atoms with Crippen molar-refractivity contribution in [1.29, 1.82) is 0 Å². The summed E-state index contributed by atoms with van der Waals surface area (Å²) in [6, 6.07) is 0.146. The lowest BCUT2D eigenvalue weighted by atomic mass is 9.98. The van der Waals surface area contributed by atoms with Crippen molar-refractivity contribution in [2.45, 2.75) is 97.1 Å². The largest absolute Gasteiger partial charge is 0.444 e. The Morgan fingerprint density at radius 3 is 2.36 bits per heavy atom. The summed E-state index contributed by atoms with van der Waals surface area (Å²) in [5, 5.41) is 10.3. The van der Waals surface area contributed by atoms with Crippen LogP contribution in [-0.2, 0) is 14.3 Å². The number of aliphatic imine (C=N–C) groups is 1. The molecule has 5 aliphatic rings. The fraction of sp³-hybridized carbons (Fsp3) is 0.613. The minimum atomic E-state index is -0.504. The molecule has 240 valence electrons. The number of dihydropyridines is 1. The van der Waals surface area contributed by atoms with E-state index in [0.29, 0.717) is 24.7 Å². The Balaban J connectivity index is 1.24. The van der Waals surface area contributed by atoms with Crippen LogP contribution in [0.3, 0.4) is 0 Å². The molecule has 1 saturated heterocycles. The number of allylic oxidation sites excluding steroid dienone is 1. The number of hydrogen-bond donors (Lipinski definition) is 5. The lowest BCUT2D eigenvalue weighted by molar-refractivity contribution is -0.126. The van der Waals surface area contributed by atoms with Crippen LogP contribution in [0.4, 0.5) is 4.79 Å². The average molecular weight is 610 g/mol. The summed E-state index contributed by atoms with van der Waals surface area (Å²) in [5.74, 6) is 0.0268. The van der Waals surface area contributed by atoms with E-state index < -0.39 is 5.60 Å². The Morgan fingerprint density at radius 1 is 1.05 bits per heavy atom. The fourth-order valence-corrected chi connectivity index (χ4v) is 6.54. The zero-order chi connectivity index (χ0) is 31.6. The van der Waals surface area contributed by atoms with Gasteiger partial charge in [-0.05, 0) is 70.8 Å². The molecule has 4 heterocycles. The van der Waals surface area contributed by atoms with Crippen molar-refractivity contribution >= 4 is 23.9 Å². The van der Waals surface area contributed by atoms with Crippen LogP contribution in [0.5, 0.6) is 0 Å². The number of carbonyl (C=O) groups excluding carboxylic acids is 3. The van der Waals surface area contributed by atoms with Gasteiger partial charge >= 0.3 is 6.09 Å². The number of nitrogens with one attached hydrogen (secondary N) is 5. The van der Waals surface area contributed by atoms with Gasteiger partial charge in [-0.25, -0.2) is 9.79 Å². The molecule has 1 saturated carbocycles. The van der Waals surface area contributed by atoms with Crippen LogP contribution >= 0.6 is 0 Å². The van der Waals surface area contributed by atoms with Crippen LogP contribution in [0, 0.1) is 0 Å². The number of rotatable bonds is 4. The molecule has 0 aromatic carbocycles. The zero-order valence-corrected chi connectivity index (χ0v) is 26.7. The highest BCUT2D eigenvalue weighted by Crippen LogP contribution is 2.41. The van der Waals surface area contributed by atoms with Gasteiger partial charge in [-0.2, -0.15) is 0 Å². The highest BCUT2D eigenvalue weighted by molar-refractivity contribution is 5.97. The highest BCUT2D eigenvalue weighted by Gasteiger charge is 2.45. The van der Waals surface area contributed by atoms with E-state index in [4.69, 9.17) is 9.73 Å². The Morgan fingerprint density at radius 2 is 1.75 bits per heavy atom. The first-order chi connectivity index (χ1) is 20.9. The molecule has 2 fully saturated rings. The quantitative estimate of drug-likeness (QED) is 0.302. The van der Waals surface area contributed by atoms with E-state index in [-0.39, 0.29) is 42.2 Å². The molecule has 44 heavy (non-hydrogen) atoms. The van der Waals surface area contributed by atoms with Crippen molar-refractivity contribution in [3.05, 3.63) is 47.1 Å². The van der Waals surface area contributed by atoms with Gasteiger partial charge in [0.15, 0.2) is 5.96 Å². The van der Waals surface area contributed by atoms with E-state index in [1.165, 1.54) is 6.92 Å². The van der Waals surface area contributed by atoms with Crippen LogP contribution in [-0.4, -0.2) is 94.6 Å². The van der Waals surface area contributed by atoms with E-state index in [0.717, 1.165) is 55.6 Å². The van der Waals surface area contributed by atoms with Crippen molar-refractivity contribution in [2.75, 3.05) is 26.2 Å². The second-order valence-corrected chi connectivity index (χ2v) is 13.0. The molecular weight excluding hydrogens is 562 g/mol. The maximum absolute atomic E-state index is 13.3. The molecule has 5 rings (SSSR count). The summed E-state index contributed by atoms with van der Waals surface area (Å²) >= 11 is 0. The Bertz CT molecular complexity index is 1300. The Hall–Kier alpha value is -4.16. The number of hydrazine groups is 1. The Labute approximate surface area is 259 Å². The monoisotopic (exact) mass is 609 g/mol. The molecule has 0 bridgehead atoms. The van der Waals surface area contributed by atoms with Gasteiger partial charge in [0.2, 0.25) is 5.91 Å². The smallest absolute Gasteiger partial charge is 0.410 e. The third kappa shape index (κ3) is 6.97. The highest BCUT2D eigenvalue weighted by atomic mass is 16.6. The van der Waals surface area contributed by atoms with Gasteiger partial charge in [-0.3, -0.25) is 20.4 Å². The summed E-state index contributed by atoms with van der Waals surface area (Å²) in [6.07, 6.45) is 11.8. The van der Waals surface area contributed by atoms with Gasteiger partial charge in [0.1, 0.15) is 17.5 Å². The van der Waals surface area contributed by atoms with Crippen molar-refractivity contribution in [2.24, 2.45) is 4.99 Å². The van der Waals surface area contributed by atoms with Crippen LogP contribution in [0.1, 0.15) is 67.2 Å². The molecule has 4 aliphatic heterocycles. The molecule has 2 unspecified atom stereocenters. The standard InChI is InChI=1S/C31H47N9O4/c1-19-24-18-33-29(34-20(2)27(24)40(22-9-7-8-10-22)26(19)28(42)37-36-21(3)41)35-25-12-11-23(17-32-25)38-13-15-39(16-14-38)30(43)44-31(4,5)6/h11-12,17-18,20,22,25,27,32H,7-10,13-16H2,1-6H3,(H,36,41)(H,37,42)(H2,33,34,35)/t20-,25?,27?/m1/s1. The average Bonchev–Trinajstić information content (AvgIpc) is 3.56. The topological polar surface area (TPSA) is 143 Å². The minimum Gasteiger partial charge on any atom is -0.444 e. The number of piperazine rings is 1.